The van der Waals surface area contributed by atoms with Gasteiger partial charge in [0.15, 0.2) is 5.82 Å². The van der Waals surface area contributed by atoms with Crippen molar-refractivity contribution in [1.29, 1.82) is 0 Å². The summed E-state index contributed by atoms with van der Waals surface area (Å²) in [5.41, 5.74) is 1.96. The van der Waals surface area contributed by atoms with E-state index in [9.17, 15) is 4.79 Å². The van der Waals surface area contributed by atoms with Crippen molar-refractivity contribution in [3.05, 3.63) is 51.9 Å². The third kappa shape index (κ3) is 3.38. The Balaban J connectivity index is 1.66. The highest BCUT2D eigenvalue weighted by Crippen LogP contribution is 2.30. The van der Waals surface area contributed by atoms with E-state index in [4.69, 9.17) is 9.72 Å². The van der Waals surface area contributed by atoms with Gasteiger partial charge in [-0.1, -0.05) is 30.3 Å². The van der Waals surface area contributed by atoms with Crippen LogP contribution in [0.3, 0.4) is 0 Å². The Morgan fingerprint density at radius 2 is 1.96 bits per heavy atom. The number of thiophene rings is 1. The number of aromatic amines is 1. The van der Waals surface area contributed by atoms with Crippen LogP contribution in [0.15, 0.2) is 40.5 Å². The zero-order chi connectivity index (χ0) is 17.4. The van der Waals surface area contributed by atoms with Gasteiger partial charge >= 0.3 is 0 Å². The fourth-order valence-corrected chi connectivity index (χ4v) is 4.64. The topological polar surface area (TPSA) is 59.4 Å². The normalized spacial score (nSPS) is 23.8. The molecule has 1 aliphatic heterocycles. The molecule has 0 radical (unpaired) electrons. The van der Waals surface area contributed by atoms with Crippen molar-refractivity contribution in [3.8, 4) is 11.1 Å². The third-order valence-corrected chi connectivity index (χ3v) is 5.48. The number of H-pyrrole nitrogens is 1. The van der Waals surface area contributed by atoms with Gasteiger partial charge in [0.05, 0.1) is 5.39 Å². The third-order valence-electron chi connectivity index (χ3n) is 4.61. The van der Waals surface area contributed by atoms with E-state index in [0.717, 1.165) is 41.4 Å². The van der Waals surface area contributed by atoms with Crippen LogP contribution < -0.4 is 10.5 Å². The first-order valence-electron chi connectivity index (χ1n) is 8.65. The van der Waals surface area contributed by atoms with Crippen LogP contribution in [0.25, 0.3) is 21.3 Å². The van der Waals surface area contributed by atoms with Crippen molar-refractivity contribution in [1.82, 2.24) is 9.97 Å². The summed E-state index contributed by atoms with van der Waals surface area (Å²) in [4.78, 5) is 22.6. The van der Waals surface area contributed by atoms with Gasteiger partial charge in [0, 0.05) is 10.9 Å². The van der Waals surface area contributed by atoms with Crippen molar-refractivity contribution in [3.63, 3.8) is 0 Å². The Kier molecular flexibility index (Phi) is 4.41. The lowest BCUT2D eigenvalue weighted by Crippen LogP contribution is -3.14. The molecule has 25 heavy (non-hydrogen) atoms. The largest absolute Gasteiger partial charge is 0.364 e. The summed E-state index contributed by atoms with van der Waals surface area (Å²) >= 11 is 1.54. The number of hydrogen-bond donors (Lipinski definition) is 2. The number of hydrogen-bond acceptors (Lipinski definition) is 4. The first-order chi connectivity index (χ1) is 12.1. The number of nitrogens with zero attached hydrogens (tertiary/aromatic N) is 1. The Bertz CT molecular complexity index is 925. The Hall–Kier alpha value is -2.02. The number of morpholine rings is 1. The lowest BCUT2D eigenvalue weighted by atomic mass is 10.1. The second-order valence-corrected chi connectivity index (χ2v) is 7.66. The minimum Gasteiger partial charge on any atom is -0.364 e. The maximum atomic E-state index is 12.7. The van der Waals surface area contributed by atoms with Crippen LogP contribution in [0.1, 0.15) is 19.7 Å². The number of nitrogens with one attached hydrogen (secondary N) is 2. The summed E-state index contributed by atoms with van der Waals surface area (Å²) in [6.07, 6.45) is 0.473. The van der Waals surface area contributed by atoms with Crippen LogP contribution >= 0.6 is 11.3 Å². The summed E-state index contributed by atoms with van der Waals surface area (Å²) in [7, 11) is 0. The molecule has 6 heteroatoms. The molecule has 1 fully saturated rings. The highest BCUT2D eigenvalue weighted by Gasteiger charge is 2.26. The van der Waals surface area contributed by atoms with Crippen LogP contribution in [0.5, 0.6) is 0 Å². The highest BCUT2D eigenvalue weighted by atomic mass is 32.1. The molecule has 5 nitrogen and oxygen atoms in total. The second kappa shape index (κ2) is 6.71. The molecule has 2 N–H and O–H groups in total. The summed E-state index contributed by atoms with van der Waals surface area (Å²) < 4.78 is 5.79. The summed E-state index contributed by atoms with van der Waals surface area (Å²) in [5, 5.41) is 2.72. The predicted molar refractivity (Wildman–Crippen MR) is 100 cm³/mol. The SMILES string of the molecule is C[C@@H]1C[NH+](Cc2nc3scc(-c4ccccc4)c3c(=O)[nH]2)C[C@H](C)O1. The highest BCUT2D eigenvalue weighted by molar-refractivity contribution is 7.17. The van der Waals surface area contributed by atoms with Gasteiger partial charge in [-0.05, 0) is 19.4 Å². The van der Waals surface area contributed by atoms with Gasteiger partial charge in [-0.2, -0.15) is 0 Å². The fraction of sp³-hybridized carbons (Fsp3) is 0.368. The molecule has 3 heterocycles. The number of aromatic nitrogens is 2. The molecule has 3 atom stereocenters. The van der Waals surface area contributed by atoms with Crippen LogP contribution in [0.2, 0.25) is 0 Å². The molecular weight excluding hydrogens is 334 g/mol. The van der Waals surface area contributed by atoms with E-state index >= 15 is 0 Å². The lowest BCUT2D eigenvalue weighted by Gasteiger charge is -2.32. The van der Waals surface area contributed by atoms with Crippen LogP contribution in [-0.4, -0.2) is 35.3 Å². The molecule has 0 spiro atoms. The quantitative estimate of drug-likeness (QED) is 0.753. The first-order valence-corrected chi connectivity index (χ1v) is 9.53. The molecule has 1 unspecified atom stereocenters. The van der Waals surface area contributed by atoms with E-state index in [1.54, 1.807) is 0 Å². The molecule has 1 aliphatic rings. The molecule has 1 aromatic carbocycles. The van der Waals surface area contributed by atoms with Crippen molar-refractivity contribution in [2.24, 2.45) is 0 Å². The lowest BCUT2D eigenvalue weighted by molar-refractivity contribution is -0.928. The zero-order valence-corrected chi connectivity index (χ0v) is 15.2. The molecule has 0 aliphatic carbocycles. The van der Waals surface area contributed by atoms with E-state index in [1.165, 1.54) is 16.2 Å². The van der Waals surface area contributed by atoms with Crippen molar-refractivity contribution < 1.29 is 9.64 Å². The molecule has 2 aromatic heterocycles. The van der Waals surface area contributed by atoms with Gasteiger partial charge in [0.1, 0.15) is 36.7 Å². The summed E-state index contributed by atoms with van der Waals surface area (Å²) in [6.45, 7) is 6.79. The average molecular weight is 356 g/mol. The number of benzene rings is 1. The molecular formula is C19H22N3O2S+. The molecule has 1 saturated heterocycles. The van der Waals surface area contributed by atoms with Gasteiger partial charge < -0.3 is 14.6 Å². The van der Waals surface area contributed by atoms with E-state index in [-0.39, 0.29) is 17.8 Å². The monoisotopic (exact) mass is 356 g/mol. The molecule has 4 rings (SSSR count). The first kappa shape index (κ1) is 16.4. The van der Waals surface area contributed by atoms with Crippen LogP contribution in [0, 0.1) is 0 Å². The fourth-order valence-electron chi connectivity index (χ4n) is 3.68. The van der Waals surface area contributed by atoms with Crippen LogP contribution in [0.4, 0.5) is 0 Å². The van der Waals surface area contributed by atoms with Gasteiger partial charge in [0.2, 0.25) is 0 Å². The standard InChI is InChI=1S/C19H21N3O2S/c1-12-8-22(9-13(2)24-12)10-16-20-18(23)17-15(11-25-19(17)21-16)14-6-4-3-5-7-14/h3-7,11-13H,8-10H2,1-2H3,(H,20,21,23)/p+1/t12-,13+. The van der Waals surface area contributed by atoms with Crippen molar-refractivity contribution in [2.45, 2.75) is 32.6 Å². The Morgan fingerprint density at radius 1 is 1.24 bits per heavy atom. The van der Waals surface area contributed by atoms with Gasteiger partial charge in [-0.25, -0.2) is 4.98 Å². The van der Waals surface area contributed by atoms with Crippen molar-refractivity contribution in [2.75, 3.05) is 13.1 Å². The summed E-state index contributed by atoms with van der Waals surface area (Å²) in [6, 6.07) is 9.99. The van der Waals surface area contributed by atoms with Gasteiger partial charge in [-0.15, -0.1) is 11.3 Å². The smallest absolute Gasteiger partial charge is 0.260 e. The average Bonchev–Trinajstić information content (AvgIpc) is 2.99. The van der Waals surface area contributed by atoms with Crippen LogP contribution in [-0.2, 0) is 11.3 Å². The summed E-state index contributed by atoms with van der Waals surface area (Å²) in [5.74, 6) is 0.760. The number of quaternary nitrogens is 1. The van der Waals surface area contributed by atoms with E-state index in [2.05, 4.69) is 18.8 Å². The zero-order valence-electron chi connectivity index (χ0n) is 14.4. The second-order valence-electron chi connectivity index (χ2n) is 6.80. The Labute approximate surface area is 150 Å². The Morgan fingerprint density at radius 3 is 2.68 bits per heavy atom. The van der Waals surface area contributed by atoms with E-state index in [1.807, 2.05) is 35.7 Å². The molecule has 0 bridgehead atoms. The van der Waals surface area contributed by atoms with E-state index in [0.29, 0.717) is 5.39 Å². The minimum atomic E-state index is -0.0474. The maximum Gasteiger partial charge on any atom is 0.260 e. The minimum absolute atomic E-state index is 0.0474. The van der Waals surface area contributed by atoms with Gasteiger partial charge in [-0.3, -0.25) is 4.79 Å². The number of ether oxygens (including phenoxy) is 1. The van der Waals surface area contributed by atoms with E-state index < -0.39 is 0 Å². The molecule has 3 aromatic rings. The van der Waals surface area contributed by atoms with Crippen molar-refractivity contribution >= 4 is 21.6 Å². The van der Waals surface area contributed by atoms with Gasteiger partial charge in [0.25, 0.3) is 5.56 Å². The molecule has 0 saturated carbocycles. The molecule has 130 valence electrons. The number of fused-ring (bicyclic) bond motifs is 1. The molecule has 0 amide bonds. The number of rotatable bonds is 3. The maximum absolute atomic E-state index is 12.7. The predicted octanol–water partition coefficient (Wildman–Crippen LogP) is 1.84.